The van der Waals surface area contributed by atoms with Crippen LogP contribution in [0.3, 0.4) is 0 Å². The number of hydrogen-bond donors (Lipinski definition) is 1. The van der Waals surface area contributed by atoms with E-state index < -0.39 is 28.5 Å². The SMILES string of the molecule is CCn1cc(S(=O)(=O)N(C)CC(=O)OC)cc1C(=O)O. The Kier molecular flexibility index (Phi) is 4.90. The zero-order valence-electron chi connectivity index (χ0n) is 11.4. The Hall–Kier alpha value is -1.87. The van der Waals surface area contributed by atoms with Gasteiger partial charge in [-0.15, -0.1) is 0 Å². The molecule has 0 radical (unpaired) electrons. The monoisotopic (exact) mass is 304 g/mol. The molecule has 1 rings (SSSR count). The fourth-order valence-corrected chi connectivity index (χ4v) is 2.73. The highest BCUT2D eigenvalue weighted by Crippen LogP contribution is 2.18. The van der Waals surface area contributed by atoms with Crippen LogP contribution in [-0.4, -0.2) is 55.0 Å². The normalized spacial score (nSPS) is 11.6. The average Bonchev–Trinajstić information content (AvgIpc) is 2.83. The molecule has 1 aromatic rings. The van der Waals surface area contributed by atoms with Crippen LogP contribution in [0.5, 0.6) is 0 Å². The maximum Gasteiger partial charge on any atom is 0.352 e. The number of sulfonamides is 1. The molecule has 0 fully saturated rings. The van der Waals surface area contributed by atoms with Crippen molar-refractivity contribution in [3.63, 3.8) is 0 Å². The number of carbonyl (C=O) groups excluding carboxylic acids is 1. The van der Waals surface area contributed by atoms with Gasteiger partial charge in [0, 0.05) is 19.8 Å². The maximum absolute atomic E-state index is 12.2. The molecular formula is C11H16N2O6S. The number of rotatable bonds is 6. The van der Waals surface area contributed by atoms with E-state index in [4.69, 9.17) is 5.11 Å². The van der Waals surface area contributed by atoms with Crippen LogP contribution >= 0.6 is 0 Å². The number of aromatic carboxylic acids is 1. The van der Waals surface area contributed by atoms with Crippen LogP contribution in [0.15, 0.2) is 17.2 Å². The first kappa shape index (κ1) is 16.2. The number of aromatic nitrogens is 1. The Balaban J connectivity index is 3.16. The van der Waals surface area contributed by atoms with Crippen molar-refractivity contribution in [3.8, 4) is 0 Å². The largest absolute Gasteiger partial charge is 0.477 e. The molecule has 0 aliphatic heterocycles. The number of carboxylic acids is 1. The standard InChI is InChI=1S/C11H16N2O6S/c1-4-13-6-8(5-9(13)11(15)16)20(17,18)12(2)7-10(14)19-3/h5-6H,4,7H2,1-3H3,(H,15,16). The molecule has 20 heavy (non-hydrogen) atoms. The summed E-state index contributed by atoms with van der Waals surface area (Å²) in [5, 5.41) is 8.99. The van der Waals surface area contributed by atoms with E-state index in [0.29, 0.717) is 6.54 Å². The van der Waals surface area contributed by atoms with Crippen LogP contribution in [0.1, 0.15) is 17.4 Å². The quantitative estimate of drug-likeness (QED) is 0.741. The summed E-state index contributed by atoms with van der Waals surface area (Å²) in [4.78, 5) is 21.9. The molecule has 9 heteroatoms. The van der Waals surface area contributed by atoms with Gasteiger partial charge in [0.05, 0.1) is 7.11 Å². The first-order valence-corrected chi connectivity index (χ1v) is 7.14. The first-order valence-electron chi connectivity index (χ1n) is 5.70. The zero-order valence-corrected chi connectivity index (χ0v) is 12.2. The van der Waals surface area contributed by atoms with Gasteiger partial charge < -0.3 is 14.4 Å². The topological polar surface area (TPSA) is 106 Å². The number of methoxy groups -OCH3 is 1. The highest BCUT2D eigenvalue weighted by atomic mass is 32.2. The van der Waals surface area contributed by atoms with Crippen molar-refractivity contribution >= 4 is 22.0 Å². The molecule has 0 atom stereocenters. The van der Waals surface area contributed by atoms with E-state index in [1.165, 1.54) is 17.8 Å². The molecule has 0 spiro atoms. The molecular weight excluding hydrogens is 288 g/mol. The number of likely N-dealkylation sites (N-methyl/N-ethyl adjacent to an activating group) is 1. The average molecular weight is 304 g/mol. The minimum Gasteiger partial charge on any atom is -0.477 e. The second-order valence-electron chi connectivity index (χ2n) is 3.99. The summed E-state index contributed by atoms with van der Waals surface area (Å²) >= 11 is 0. The number of aryl methyl sites for hydroxylation is 1. The van der Waals surface area contributed by atoms with Gasteiger partial charge in [0.2, 0.25) is 10.0 Å². The highest BCUT2D eigenvalue weighted by molar-refractivity contribution is 7.89. The minimum atomic E-state index is -3.94. The van der Waals surface area contributed by atoms with Crippen molar-refractivity contribution in [2.24, 2.45) is 0 Å². The molecule has 0 aromatic carbocycles. The molecule has 112 valence electrons. The Morgan fingerprint density at radius 1 is 1.45 bits per heavy atom. The second-order valence-corrected chi connectivity index (χ2v) is 6.03. The third kappa shape index (κ3) is 3.17. The number of nitrogens with zero attached hydrogens (tertiary/aromatic N) is 2. The van der Waals surface area contributed by atoms with Gasteiger partial charge in [-0.25, -0.2) is 13.2 Å². The lowest BCUT2D eigenvalue weighted by Crippen LogP contribution is -2.32. The predicted molar refractivity (Wildman–Crippen MR) is 68.9 cm³/mol. The van der Waals surface area contributed by atoms with Crippen LogP contribution < -0.4 is 0 Å². The molecule has 0 bridgehead atoms. The molecule has 1 N–H and O–H groups in total. The third-order valence-corrected chi connectivity index (χ3v) is 4.49. The van der Waals surface area contributed by atoms with Gasteiger partial charge in [0.25, 0.3) is 0 Å². The van der Waals surface area contributed by atoms with Gasteiger partial charge in [0.1, 0.15) is 17.1 Å². The summed E-state index contributed by atoms with van der Waals surface area (Å²) in [7, 11) is -1.57. The summed E-state index contributed by atoms with van der Waals surface area (Å²) in [5.74, 6) is -1.92. The fourth-order valence-electron chi connectivity index (χ4n) is 1.58. The molecule has 1 aromatic heterocycles. The minimum absolute atomic E-state index is 0.127. The lowest BCUT2D eigenvalue weighted by atomic mass is 10.4. The summed E-state index contributed by atoms with van der Waals surface area (Å²) < 4.78 is 30.9. The van der Waals surface area contributed by atoms with Crippen molar-refractivity contribution in [3.05, 3.63) is 18.0 Å². The Labute approximate surface area is 116 Å². The third-order valence-electron chi connectivity index (χ3n) is 2.72. The van der Waals surface area contributed by atoms with E-state index in [2.05, 4.69) is 4.74 Å². The summed E-state index contributed by atoms with van der Waals surface area (Å²) in [6.45, 7) is 1.57. The Morgan fingerprint density at radius 3 is 2.45 bits per heavy atom. The van der Waals surface area contributed by atoms with Crippen molar-refractivity contribution in [2.75, 3.05) is 20.7 Å². The van der Waals surface area contributed by atoms with Gasteiger partial charge in [0.15, 0.2) is 0 Å². The van der Waals surface area contributed by atoms with Gasteiger partial charge >= 0.3 is 11.9 Å². The Morgan fingerprint density at radius 2 is 2.05 bits per heavy atom. The fraction of sp³-hybridized carbons (Fsp3) is 0.455. The highest BCUT2D eigenvalue weighted by Gasteiger charge is 2.26. The van der Waals surface area contributed by atoms with E-state index >= 15 is 0 Å². The van der Waals surface area contributed by atoms with Crippen LogP contribution in [0, 0.1) is 0 Å². The lowest BCUT2D eigenvalue weighted by Gasteiger charge is -2.14. The number of carbonyl (C=O) groups is 2. The number of hydrogen-bond acceptors (Lipinski definition) is 5. The van der Waals surface area contributed by atoms with Crippen LogP contribution in [0.2, 0.25) is 0 Å². The smallest absolute Gasteiger partial charge is 0.352 e. The molecule has 0 saturated carbocycles. The number of carboxylic acid groups (broad SMARTS) is 1. The van der Waals surface area contributed by atoms with E-state index in [-0.39, 0.29) is 10.6 Å². The molecule has 0 amide bonds. The van der Waals surface area contributed by atoms with E-state index in [0.717, 1.165) is 17.5 Å². The van der Waals surface area contributed by atoms with Gasteiger partial charge in [-0.1, -0.05) is 0 Å². The van der Waals surface area contributed by atoms with Gasteiger partial charge in [-0.3, -0.25) is 4.79 Å². The molecule has 0 aliphatic rings. The Bertz CT molecular complexity index is 619. The summed E-state index contributed by atoms with van der Waals surface area (Å²) in [6.07, 6.45) is 1.23. The van der Waals surface area contributed by atoms with Crippen LogP contribution in [-0.2, 0) is 26.1 Å². The van der Waals surface area contributed by atoms with E-state index in [1.54, 1.807) is 6.92 Å². The van der Waals surface area contributed by atoms with Crippen molar-refractivity contribution in [1.29, 1.82) is 0 Å². The molecule has 0 unspecified atom stereocenters. The number of esters is 1. The maximum atomic E-state index is 12.2. The van der Waals surface area contributed by atoms with Crippen LogP contribution in [0.25, 0.3) is 0 Å². The van der Waals surface area contributed by atoms with E-state index in [1.807, 2.05) is 0 Å². The molecule has 0 saturated heterocycles. The molecule has 1 heterocycles. The predicted octanol–water partition coefficient (Wildman–Crippen LogP) is -0.000300. The summed E-state index contributed by atoms with van der Waals surface area (Å²) in [6, 6.07) is 1.06. The zero-order chi connectivity index (χ0) is 15.5. The molecule has 0 aliphatic carbocycles. The van der Waals surface area contributed by atoms with Gasteiger partial charge in [-0.2, -0.15) is 4.31 Å². The van der Waals surface area contributed by atoms with Crippen molar-refractivity contribution in [2.45, 2.75) is 18.4 Å². The van der Waals surface area contributed by atoms with Crippen LogP contribution in [0.4, 0.5) is 0 Å². The van der Waals surface area contributed by atoms with E-state index in [9.17, 15) is 18.0 Å². The van der Waals surface area contributed by atoms with Crippen molar-refractivity contribution < 1.29 is 27.9 Å². The number of ether oxygens (including phenoxy) is 1. The molecule has 8 nitrogen and oxygen atoms in total. The lowest BCUT2D eigenvalue weighted by molar-refractivity contribution is -0.140. The second kappa shape index (κ2) is 6.06. The van der Waals surface area contributed by atoms with Crippen molar-refractivity contribution in [1.82, 2.24) is 8.87 Å². The summed E-state index contributed by atoms with van der Waals surface area (Å²) in [5.41, 5.74) is -0.127. The van der Waals surface area contributed by atoms with Gasteiger partial charge in [-0.05, 0) is 13.0 Å². The first-order chi connectivity index (χ1) is 9.23.